The maximum atomic E-state index is 6.18. The molecule has 0 aliphatic carbocycles. The Bertz CT molecular complexity index is 3500. The molecule has 0 spiro atoms. The van der Waals surface area contributed by atoms with Gasteiger partial charge in [-0.25, -0.2) is 0 Å². The maximum Gasteiger partial charge on any atom is 0.135 e. The molecular formula is C60H41N3O. The highest BCUT2D eigenvalue weighted by Crippen LogP contribution is 2.44. The Balaban J connectivity index is 1.08. The van der Waals surface area contributed by atoms with Gasteiger partial charge in [-0.15, -0.1) is 0 Å². The average Bonchev–Trinajstić information content (AvgIpc) is 3.91. The van der Waals surface area contributed by atoms with Crippen molar-refractivity contribution in [1.82, 2.24) is 4.57 Å². The van der Waals surface area contributed by atoms with Crippen LogP contribution < -0.4 is 9.80 Å². The molecule has 0 aliphatic rings. The lowest BCUT2D eigenvalue weighted by Gasteiger charge is -2.30. The number of aromatic nitrogens is 1. The van der Waals surface area contributed by atoms with Crippen LogP contribution in [0.4, 0.5) is 34.1 Å². The number of rotatable bonds is 9. The summed E-state index contributed by atoms with van der Waals surface area (Å²) in [6.07, 6.45) is 0. The second-order valence-corrected chi connectivity index (χ2v) is 16.2. The zero-order chi connectivity index (χ0) is 42.4. The minimum atomic E-state index is 0.894. The summed E-state index contributed by atoms with van der Waals surface area (Å²) in [5.41, 5.74) is 16.1. The largest absolute Gasteiger partial charge is 0.456 e. The minimum Gasteiger partial charge on any atom is -0.456 e. The molecule has 0 atom stereocenters. The summed E-state index contributed by atoms with van der Waals surface area (Å²) in [7, 11) is 0. The van der Waals surface area contributed by atoms with Gasteiger partial charge in [0.25, 0.3) is 0 Å². The first-order valence-corrected chi connectivity index (χ1v) is 21.7. The number of hydrogen-bond acceptors (Lipinski definition) is 3. The molecule has 0 fully saturated rings. The lowest BCUT2D eigenvalue weighted by atomic mass is 10.0. The zero-order valence-electron chi connectivity index (χ0n) is 34.9. The van der Waals surface area contributed by atoms with Gasteiger partial charge in [-0.2, -0.15) is 0 Å². The summed E-state index contributed by atoms with van der Waals surface area (Å²) in [6.45, 7) is 0. The molecular weight excluding hydrogens is 779 g/mol. The Morgan fingerprint density at radius 2 is 0.672 bits per heavy atom. The van der Waals surface area contributed by atoms with E-state index in [4.69, 9.17) is 4.42 Å². The number of fused-ring (bicyclic) bond motifs is 6. The quantitative estimate of drug-likeness (QED) is 0.145. The van der Waals surface area contributed by atoms with Crippen LogP contribution in [0, 0.1) is 0 Å². The van der Waals surface area contributed by atoms with Crippen molar-refractivity contribution in [3.05, 3.63) is 249 Å². The molecule has 0 saturated carbocycles. The van der Waals surface area contributed by atoms with Crippen LogP contribution >= 0.6 is 0 Å². The maximum absolute atomic E-state index is 6.18. The summed E-state index contributed by atoms with van der Waals surface area (Å²) in [5.74, 6) is 0. The first-order chi connectivity index (χ1) is 31.7. The van der Waals surface area contributed by atoms with Gasteiger partial charge in [-0.05, 0) is 119 Å². The van der Waals surface area contributed by atoms with E-state index in [0.717, 1.165) is 83.9 Å². The van der Waals surface area contributed by atoms with Crippen LogP contribution in [-0.2, 0) is 0 Å². The molecule has 4 nitrogen and oxygen atoms in total. The number of para-hydroxylation sites is 5. The molecule has 4 heteroatoms. The molecule has 0 bridgehead atoms. The van der Waals surface area contributed by atoms with Crippen molar-refractivity contribution < 1.29 is 4.42 Å². The number of furan rings is 1. The monoisotopic (exact) mass is 819 g/mol. The fourth-order valence-electron chi connectivity index (χ4n) is 9.36. The second-order valence-electron chi connectivity index (χ2n) is 16.2. The Morgan fingerprint density at radius 3 is 1.23 bits per heavy atom. The topological polar surface area (TPSA) is 24.6 Å². The Kier molecular flexibility index (Phi) is 9.12. The summed E-state index contributed by atoms with van der Waals surface area (Å²) in [6, 6.07) is 89.0. The van der Waals surface area contributed by atoms with Gasteiger partial charge in [0, 0.05) is 44.3 Å². The highest BCUT2D eigenvalue weighted by Gasteiger charge is 2.22. The molecule has 64 heavy (non-hydrogen) atoms. The van der Waals surface area contributed by atoms with Crippen molar-refractivity contribution in [2.45, 2.75) is 0 Å². The summed E-state index contributed by atoms with van der Waals surface area (Å²) < 4.78 is 8.60. The first kappa shape index (κ1) is 37.2. The molecule has 2 aromatic heterocycles. The average molecular weight is 820 g/mol. The van der Waals surface area contributed by atoms with Crippen molar-refractivity contribution in [2.75, 3.05) is 9.80 Å². The summed E-state index contributed by atoms with van der Waals surface area (Å²) >= 11 is 0. The van der Waals surface area contributed by atoms with E-state index in [2.05, 4.69) is 251 Å². The molecule has 2 heterocycles. The molecule has 12 rings (SSSR count). The third-order valence-corrected chi connectivity index (χ3v) is 12.3. The van der Waals surface area contributed by atoms with Crippen molar-refractivity contribution in [3.8, 4) is 27.9 Å². The third kappa shape index (κ3) is 6.57. The van der Waals surface area contributed by atoms with E-state index in [1.165, 1.54) is 21.9 Å². The molecule has 12 aromatic rings. The minimum absolute atomic E-state index is 0.894. The van der Waals surface area contributed by atoms with Gasteiger partial charge in [0.05, 0.1) is 28.1 Å². The Hall–Kier alpha value is -8.60. The van der Waals surface area contributed by atoms with E-state index in [0.29, 0.717) is 0 Å². The number of anilines is 6. The van der Waals surface area contributed by atoms with Gasteiger partial charge in [-0.1, -0.05) is 152 Å². The van der Waals surface area contributed by atoms with Crippen LogP contribution in [0.25, 0.3) is 71.7 Å². The number of benzene rings is 10. The number of nitrogens with zero attached hydrogens (tertiary/aromatic N) is 3. The van der Waals surface area contributed by atoms with Gasteiger partial charge in [0.1, 0.15) is 11.2 Å². The fourth-order valence-corrected chi connectivity index (χ4v) is 9.36. The van der Waals surface area contributed by atoms with E-state index < -0.39 is 0 Å². The second kappa shape index (κ2) is 15.7. The van der Waals surface area contributed by atoms with Crippen LogP contribution in [0.3, 0.4) is 0 Å². The van der Waals surface area contributed by atoms with Crippen molar-refractivity contribution in [2.24, 2.45) is 0 Å². The molecule has 0 N–H and O–H groups in total. The predicted molar refractivity (Wildman–Crippen MR) is 268 cm³/mol. The summed E-state index contributed by atoms with van der Waals surface area (Å²) in [5, 5.41) is 4.69. The van der Waals surface area contributed by atoms with Gasteiger partial charge < -0.3 is 18.8 Å². The van der Waals surface area contributed by atoms with E-state index in [1.807, 2.05) is 12.1 Å². The fraction of sp³-hybridized carbons (Fsp3) is 0. The van der Waals surface area contributed by atoms with Crippen LogP contribution in [-0.4, -0.2) is 4.57 Å². The van der Waals surface area contributed by atoms with Gasteiger partial charge >= 0.3 is 0 Å². The van der Waals surface area contributed by atoms with Crippen molar-refractivity contribution in [3.63, 3.8) is 0 Å². The smallest absolute Gasteiger partial charge is 0.135 e. The Labute approximate surface area is 371 Å². The summed E-state index contributed by atoms with van der Waals surface area (Å²) in [4.78, 5) is 4.75. The van der Waals surface area contributed by atoms with Crippen molar-refractivity contribution in [1.29, 1.82) is 0 Å². The molecule has 0 amide bonds. The van der Waals surface area contributed by atoms with Crippen LogP contribution in [0.2, 0.25) is 0 Å². The van der Waals surface area contributed by atoms with Gasteiger partial charge in [-0.3, -0.25) is 0 Å². The van der Waals surface area contributed by atoms with Crippen molar-refractivity contribution >= 4 is 77.9 Å². The van der Waals surface area contributed by atoms with E-state index >= 15 is 0 Å². The van der Waals surface area contributed by atoms with E-state index in [1.54, 1.807) is 0 Å². The lowest BCUT2D eigenvalue weighted by Crippen LogP contribution is -2.14. The van der Waals surface area contributed by atoms with Crippen LogP contribution in [0.5, 0.6) is 0 Å². The van der Waals surface area contributed by atoms with E-state index in [-0.39, 0.29) is 0 Å². The van der Waals surface area contributed by atoms with E-state index in [9.17, 15) is 0 Å². The molecule has 302 valence electrons. The highest BCUT2D eigenvalue weighted by atomic mass is 16.3. The van der Waals surface area contributed by atoms with Crippen LogP contribution in [0.1, 0.15) is 0 Å². The normalized spacial score (nSPS) is 11.4. The Morgan fingerprint density at radius 1 is 0.266 bits per heavy atom. The SMILES string of the molecule is c1ccc(-c2ccc(N(c3ccc(-c4ccc5oc6ccccc6c5c4)cc3)c3cc(N(c4ccccc4)c4ccccc4)cc(-n4c5ccccc5c5ccccc54)c3)cc2)cc1. The molecule has 0 aliphatic heterocycles. The van der Waals surface area contributed by atoms with Gasteiger partial charge in [0.2, 0.25) is 0 Å². The third-order valence-electron chi connectivity index (χ3n) is 12.3. The highest BCUT2D eigenvalue weighted by molar-refractivity contribution is 6.09. The van der Waals surface area contributed by atoms with Crippen LogP contribution in [0.15, 0.2) is 253 Å². The zero-order valence-corrected chi connectivity index (χ0v) is 34.9. The first-order valence-electron chi connectivity index (χ1n) is 21.7. The number of hydrogen-bond donors (Lipinski definition) is 0. The molecule has 10 aromatic carbocycles. The molecule has 0 radical (unpaired) electrons. The molecule has 0 saturated heterocycles. The molecule has 0 unspecified atom stereocenters. The lowest BCUT2D eigenvalue weighted by molar-refractivity contribution is 0.669. The predicted octanol–water partition coefficient (Wildman–Crippen LogP) is 17.0. The standard InChI is InChI=1S/C60H41N3O/c1-4-16-42(17-5-1)43-28-33-48(34-29-43)62(49-35-30-44(31-36-49)45-32-37-60-56(38-45)55-24-12-15-27-59(55)64-60)51-39-50(61(46-18-6-2-7-19-46)47-20-8-3-9-21-47)40-52(41-51)63-57-25-13-10-22-53(57)54-23-11-14-26-58(54)63/h1-41H. The van der Waals surface area contributed by atoms with Gasteiger partial charge in [0.15, 0.2) is 0 Å².